The zero-order valence-electron chi connectivity index (χ0n) is 11.0. The Morgan fingerprint density at radius 1 is 1.11 bits per heavy atom. The number of imidazole rings is 1. The van der Waals surface area contributed by atoms with E-state index in [0.717, 1.165) is 12.1 Å². The molecule has 0 aliphatic carbocycles. The van der Waals surface area contributed by atoms with Gasteiger partial charge in [0.2, 0.25) is 0 Å². The van der Waals surface area contributed by atoms with Gasteiger partial charge in [-0.05, 0) is 30.2 Å². The molecule has 0 fully saturated rings. The monoisotopic (exact) mass is 248 g/mol. The highest BCUT2D eigenvalue weighted by molar-refractivity contribution is 5.76. The summed E-state index contributed by atoms with van der Waals surface area (Å²) in [5.41, 5.74) is 4.72. The minimum absolute atomic E-state index is 0.842. The van der Waals surface area contributed by atoms with Gasteiger partial charge in [-0.3, -0.25) is 0 Å². The third kappa shape index (κ3) is 2.58. The molecule has 0 unspecified atom stereocenters. The van der Waals surface area contributed by atoms with Crippen LogP contribution in [-0.2, 0) is 6.54 Å². The van der Waals surface area contributed by atoms with E-state index in [1.54, 1.807) is 0 Å². The molecule has 0 N–H and O–H groups in total. The van der Waals surface area contributed by atoms with Crippen molar-refractivity contribution in [3.8, 4) is 0 Å². The summed E-state index contributed by atoms with van der Waals surface area (Å²) >= 11 is 0. The summed E-state index contributed by atoms with van der Waals surface area (Å²) in [6.45, 7) is 2.93. The number of nitrogens with zero attached hydrogens (tertiary/aromatic N) is 2. The van der Waals surface area contributed by atoms with Gasteiger partial charge >= 0.3 is 0 Å². The zero-order valence-corrected chi connectivity index (χ0v) is 11.0. The van der Waals surface area contributed by atoms with Gasteiger partial charge in [0.05, 0.1) is 17.4 Å². The van der Waals surface area contributed by atoms with Crippen LogP contribution in [0.1, 0.15) is 11.1 Å². The number of aryl methyl sites for hydroxylation is 1. The van der Waals surface area contributed by atoms with Crippen LogP contribution in [-0.4, -0.2) is 9.55 Å². The molecule has 19 heavy (non-hydrogen) atoms. The Kier molecular flexibility index (Phi) is 3.15. The molecule has 2 aromatic carbocycles. The van der Waals surface area contributed by atoms with Crippen LogP contribution in [0.2, 0.25) is 0 Å². The van der Waals surface area contributed by atoms with Crippen molar-refractivity contribution in [2.24, 2.45) is 0 Å². The zero-order chi connectivity index (χ0) is 13.1. The van der Waals surface area contributed by atoms with Crippen LogP contribution in [0.4, 0.5) is 0 Å². The molecule has 0 atom stereocenters. The first-order valence-corrected chi connectivity index (χ1v) is 6.46. The topological polar surface area (TPSA) is 17.8 Å². The maximum Gasteiger partial charge on any atom is 0.0961 e. The Hall–Kier alpha value is -2.35. The molecule has 0 amide bonds. The first-order chi connectivity index (χ1) is 9.33. The van der Waals surface area contributed by atoms with E-state index in [9.17, 15) is 0 Å². The van der Waals surface area contributed by atoms with Crippen molar-refractivity contribution < 1.29 is 0 Å². The number of aromatic nitrogens is 2. The molecule has 1 aromatic heterocycles. The van der Waals surface area contributed by atoms with E-state index in [4.69, 9.17) is 0 Å². The van der Waals surface area contributed by atoms with Crippen LogP contribution in [0.5, 0.6) is 0 Å². The van der Waals surface area contributed by atoms with Gasteiger partial charge in [-0.2, -0.15) is 0 Å². The van der Waals surface area contributed by atoms with Crippen molar-refractivity contribution in [3.63, 3.8) is 0 Å². The van der Waals surface area contributed by atoms with Gasteiger partial charge in [-0.15, -0.1) is 0 Å². The van der Waals surface area contributed by atoms with Crippen molar-refractivity contribution >= 4 is 17.1 Å². The van der Waals surface area contributed by atoms with Crippen LogP contribution in [0, 0.1) is 6.92 Å². The van der Waals surface area contributed by atoms with Crippen LogP contribution in [0.25, 0.3) is 17.1 Å². The summed E-state index contributed by atoms with van der Waals surface area (Å²) in [6, 6.07) is 16.7. The molecule has 3 rings (SSSR count). The second-order valence-electron chi connectivity index (χ2n) is 4.70. The number of hydrogen-bond donors (Lipinski definition) is 0. The lowest BCUT2D eigenvalue weighted by Crippen LogP contribution is -1.92. The second-order valence-corrected chi connectivity index (χ2v) is 4.70. The molecule has 0 saturated heterocycles. The van der Waals surface area contributed by atoms with Crippen molar-refractivity contribution in [1.82, 2.24) is 9.55 Å². The van der Waals surface area contributed by atoms with Gasteiger partial charge in [-0.1, -0.05) is 48.6 Å². The number of rotatable bonds is 3. The predicted octanol–water partition coefficient (Wildman–Crippen LogP) is 4.06. The minimum atomic E-state index is 0.842. The predicted molar refractivity (Wildman–Crippen MR) is 79.9 cm³/mol. The van der Waals surface area contributed by atoms with Gasteiger partial charge in [0, 0.05) is 6.54 Å². The van der Waals surface area contributed by atoms with Crippen molar-refractivity contribution in [2.45, 2.75) is 13.5 Å². The Balaban J connectivity index is 1.81. The fraction of sp³-hybridized carbons (Fsp3) is 0.118. The standard InChI is InChI=1S/C17H16N2/c1-14-9-10-17-16(12-14)18-13-19(17)11-5-8-15-6-3-2-4-7-15/h2-10,12-13H,11H2,1H3/b8-5+. The average molecular weight is 248 g/mol. The maximum absolute atomic E-state index is 4.43. The third-order valence-electron chi connectivity index (χ3n) is 3.19. The van der Waals surface area contributed by atoms with Gasteiger partial charge in [-0.25, -0.2) is 4.98 Å². The lowest BCUT2D eigenvalue weighted by Gasteiger charge is -2.00. The Bertz CT molecular complexity index is 708. The van der Waals surface area contributed by atoms with E-state index in [1.807, 2.05) is 12.4 Å². The quantitative estimate of drug-likeness (QED) is 0.683. The molecule has 0 radical (unpaired) electrons. The maximum atomic E-state index is 4.43. The fourth-order valence-electron chi connectivity index (χ4n) is 2.19. The van der Waals surface area contributed by atoms with E-state index in [-0.39, 0.29) is 0 Å². The summed E-state index contributed by atoms with van der Waals surface area (Å²) in [4.78, 5) is 4.43. The van der Waals surface area contributed by atoms with E-state index < -0.39 is 0 Å². The number of allylic oxidation sites excluding steroid dienone is 1. The normalized spacial score (nSPS) is 11.4. The number of hydrogen-bond acceptors (Lipinski definition) is 1. The highest BCUT2D eigenvalue weighted by Crippen LogP contribution is 2.14. The molecule has 3 aromatic rings. The molecule has 2 heteroatoms. The third-order valence-corrected chi connectivity index (χ3v) is 3.19. The number of benzene rings is 2. The lowest BCUT2D eigenvalue weighted by atomic mass is 10.2. The van der Waals surface area contributed by atoms with Crippen molar-refractivity contribution in [2.75, 3.05) is 0 Å². The molecule has 1 heterocycles. The Morgan fingerprint density at radius 2 is 1.95 bits per heavy atom. The first kappa shape index (κ1) is 11.7. The molecule has 94 valence electrons. The molecule has 2 nitrogen and oxygen atoms in total. The SMILES string of the molecule is Cc1ccc2c(c1)ncn2C/C=C/c1ccccc1. The fourth-order valence-corrected chi connectivity index (χ4v) is 2.19. The average Bonchev–Trinajstić information content (AvgIpc) is 2.82. The molecular formula is C17H16N2. The van der Waals surface area contributed by atoms with Crippen LogP contribution >= 0.6 is 0 Å². The highest BCUT2D eigenvalue weighted by Gasteiger charge is 2.00. The molecule has 0 saturated carbocycles. The first-order valence-electron chi connectivity index (χ1n) is 6.46. The van der Waals surface area contributed by atoms with E-state index in [0.29, 0.717) is 0 Å². The van der Waals surface area contributed by atoms with Gasteiger partial charge in [0.25, 0.3) is 0 Å². The van der Waals surface area contributed by atoms with Crippen LogP contribution in [0.3, 0.4) is 0 Å². The largest absolute Gasteiger partial charge is 0.327 e. The molecule has 0 aliphatic rings. The summed E-state index contributed by atoms with van der Waals surface area (Å²) in [7, 11) is 0. The number of fused-ring (bicyclic) bond motifs is 1. The molecular weight excluding hydrogens is 232 g/mol. The van der Waals surface area contributed by atoms with Gasteiger partial charge in [0.1, 0.15) is 0 Å². The van der Waals surface area contributed by atoms with Gasteiger partial charge in [0.15, 0.2) is 0 Å². The van der Waals surface area contributed by atoms with E-state index in [1.165, 1.54) is 16.6 Å². The molecule has 0 aliphatic heterocycles. The lowest BCUT2D eigenvalue weighted by molar-refractivity contribution is 0.852. The summed E-state index contributed by atoms with van der Waals surface area (Å²) in [5, 5.41) is 0. The smallest absolute Gasteiger partial charge is 0.0961 e. The minimum Gasteiger partial charge on any atom is -0.327 e. The van der Waals surface area contributed by atoms with E-state index >= 15 is 0 Å². The summed E-state index contributed by atoms with van der Waals surface area (Å²) in [5.74, 6) is 0. The molecule has 0 bridgehead atoms. The Labute approximate surface area is 113 Å². The van der Waals surface area contributed by atoms with Crippen molar-refractivity contribution in [3.05, 3.63) is 72.1 Å². The van der Waals surface area contributed by atoms with Crippen LogP contribution < -0.4 is 0 Å². The highest BCUT2D eigenvalue weighted by atomic mass is 15.0. The summed E-state index contributed by atoms with van der Waals surface area (Å²) < 4.78 is 2.16. The molecule has 0 spiro atoms. The second kappa shape index (κ2) is 5.11. The van der Waals surface area contributed by atoms with Crippen molar-refractivity contribution in [1.29, 1.82) is 0 Å². The Morgan fingerprint density at radius 3 is 2.79 bits per heavy atom. The summed E-state index contributed by atoms with van der Waals surface area (Å²) in [6.07, 6.45) is 6.20. The van der Waals surface area contributed by atoms with E-state index in [2.05, 4.69) is 71.1 Å². The van der Waals surface area contributed by atoms with Crippen LogP contribution in [0.15, 0.2) is 60.9 Å². The van der Waals surface area contributed by atoms with Gasteiger partial charge < -0.3 is 4.57 Å².